The van der Waals surface area contributed by atoms with Crippen molar-refractivity contribution in [3.05, 3.63) is 28.7 Å². The second kappa shape index (κ2) is 6.24. The van der Waals surface area contributed by atoms with Gasteiger partial charge in [0.1, 0.15) is 0 Å². The number of aromatic amines is 1. The summed E-state index contributed by atoms with van der Waals surface area (Å²) in [5, 5.41) is 0. The Morgan fingerprint density at radius 3 is 2.80 bits per heavy atom. The molecule has 2 aromatic rings. The Morgan fingerprint density at radius 2 is 2.00 bits per heavy atom. The van der Waals surface area contributed by atoms with Crippen LogP contribution in [0.5, 0.6) is 0 Å². The highest BCUT2D eigenvalue weighted by Gasteiger charge is 2.40. The highest BCUT2D eigenvalue weighted by Crippen LogP contribution is 2.34. The molecule has 9 heteroatoms. The third-order valence-electron chi connectivity index (χ3n) is 4.92. The second-order valence-corrected chi connectivity index (χ2v) is 8.34. The van der Waals surface area contributed by atoms with Crippen molar-refractivity contribution in [3.8, 4) is 0 Å². The molecule has 2 aliphatic rings. The molecule has 2 aliphatic heterocycles. The molecule has 8 nitrogen and oxygen atoms in total. The third kappa shape index (κ3) is 3.37. The van der Waals surface area contributed by atoms with E-state index < -0.39 is 15.8 Å². The lowest BCUT2D eigenvalue weighted by atomic mass is 9.84. The number of fused-ring (bicyclic) bond motifs is 1. The molecular weight excluding hydrogens is 348 g/mol. The Bertz CT molecular complexity index is 920. The Kier molecular flexibility index (Phi) is 4.19. The van der Waals surface area contributed by atoms with Crippen molar-refractivity contribution < 1.29 is 22.3 Å². The molecule has 0 bridgehead atoms. The molecule has 2 saturated heterocycles. The standard InChI is InChI=1S/C16H20N2O6S/c19-15-17-13-2-1-12(9-14(13)24-15)25(20,21)18-11-3-6-23-16(10-11)4-7-22-8-5-16/h1-2,9,11,18H,3-8,10H2,(H,17,19). The second-order valence-electron chi connectivity index (χ2n) is 6.63. The molecule has 1 unspecified atom stereocenters. The molecule has 2 fully saturated rings. The normalized spacial score (nSPS) is 23.9. The van der Waals surface area contributed by atoms with E-state index in [0.29, 0.717) is 38.2 Å². The summed E-state index contributed by atoms with van der Waals surface area (Å²) in [6, 6.07) is 4.16. The van der Waals surface area contributed by atoms with Gasteiger partial charge in [0.2, 0.25) is 10.0 Å². The monoisotopic (exact) mass is 368 g/mol. The highest BCUT2D eigenvalue weighted by molar-refractivity contribution is 7.89. The summed E-state index contributed by atoms with van der Waals surface area (Å²) >= 11 is 0. The summed E-state index contributed by atoms with van der Waals surface area (Å²) in [4.78, 5) is 13.8. The third-order valence-corrected chi connectivity index (χ3v) is 6.44. The van der Waals surface area contributed by atoms with E-state index in [2.05, 4.69) is 9.71 Å². The van der Waals surface area contributed by atoms with Crippen molar-refractivity contribution in [2.75, 3.05) is 19.8 Å². The van der Waals surface area contributed by atoms with Gasteiger partial charge in [0.15, 0.2) is 5.58 Å². The number of nitrogens with one attached hydrogen (secondary N) is 2. The molecule has 1 aromatic heterocycles. The number of ether oxygens (including phenoxy) is 2. The fraction of sp³-hybridized carbons (Fsp3) is 0.562. The van der Waals surface area contributed by atoms with E-state index in [1.54, 1.807) is 0 Å². The van der Waals surface area contributed by atoms with Crippen LogP contribution in [0.25, 0.3) is 11.1 Å². The van der Waals surface area contributed by atoms with E-state index >= 15 is 0 Å². The van der Waals surface area contributed by atoms with Gasteiger partial charge >= 0.3 is 5.76 Å². The minimum atomic E-state index is -3.71. The smallest absolute Gasteiger partial charge is 0.408 e. The number of H-pyrrole nitrogens is 1. The van der Waals surface area contributed by atoms with Crippen molar-refractivity contribution in [1.29, 1.82) is 0 Å². The molecule has 4 rings (SSSR count). The molecule has 136 valence electrons. The van der Waals surface area contributed by atoms with Crippen LogP contribution >= 0.6 is 0 Å². The van der Waals surface area contributed by atoms with E-state index in [1.807, 2.05) is 0 Å². The maximum atomic E-state index is 12.7. The molecule has 0 aliphatic carbocycles. The summed E-state index contributed by atoms with van der Waals surface area (Å²) in [6.07, 6.45) is 2.83. The zero-order valence-corrected chi connectivity index (χ0v) is 14.4. The Hall–Kier alpha value is -1.68. The zero-order chi connectivity index (χ0) is 17.5. The molecule has 3 heterocycles. The minimum Gasteiger partial charge on any atom is -0.408 e. The number of hydrogen-bond acceptors (Lipinski definition) is 6. The average Bonchev–Trinajstić information content (AvgIpc) is 2.94. The van der Waals surface area contributed by atoms with Crippen LogP contribution in [0, 0.1) is 0 Å². The van der Waals surface area contributed by atoms with Crippen LogP contribution in [0.3, 0.4) is 0 Å². The number of hydrogen-bond donors (Lipinski definition) is 2. The number of rotatable bonds is 3. The van der Waals surface area contributed by atoms with Crippen molar-refractivity contribution in [1.82, 2.24) is 9.71 Å². The molecule has 1 atom stereocenters. The molecule has 1 spiro atoms. The van der Waals surface area contributed by atoms with Crippen LogP contribution in [-0.4, -0.2) is 44.9 Å². The predicted molar refractivity (Wildman–Crippen MR) is 88.9 cm³/mol. The van der Waals surface area contributed by atoms with Gasteiger partial charge in [-0.25, -0.2) is 17.9 Å². The predicted octanol–water partition coefficient (Wildman–Crippen LogP) is 1.13. The van der Waals surface area contributed by atoms with Crippen LogP contribution in [0.2, 0.25) is 0 Å². The maximum absolute atomic E-state index is 12.7. The van der Waals surface area contributed by atoms with E-state index in [-0.39, 0.29) is 22.1 Å². The fourth-order valence-corrected chi connectivity index (χ4v) is 4.89. The molecule has 0 amide bonds. The van der Waals surface area contributed by atoms with Gasteiger partial charge in [0.25, 0.3) is 0 Å². The first-order valence-electron chi connectivity index (χ1n) is 8.33. The summed E-state index contributed by atoms with van der Waals surface area (Å²) in [7, 11) is -3.71. The molecular formula is C16H20N2O6S. The largest absolute Gasteiger partial charge is 0.417 e. The summed E-state index contributed by atoms with van der Waals surface area (Å²) in [5.74, 6) is -0.608. The van der Waals surface area contributed by atoms with Gasteiger partial charge in [-0.2, -0.15) is 0 Å². The van der Waals surface area contributed by atoms with Crippen LogP contribution < -0.4 is 10.5 Å². The van der Waals surface area contributed by atoms with E-state index in [9.17, 15) is 13.2 Å². The van der Waals surface area contributed by atoms with Crippen LogP contribution in [-0.2, 0) is 19.5 Å². The minimum absolute atomic E-state index is 0.0790. The van der Waals surface area contributed by atoms with Crippen molar-refractivity contribution in [2.45, 2.75) is 42.2 Å². The number of sulfonamides is 1. The van der Waals surface area contributed by atoms with Crippen LogP contribution in [0.4, 0.5) is 0 Å². The van der Waals surface area contributed by atoms with Gasteiger partial charge in [-0.05, 0) is 37.8 Å². The lowest BCUT2D eigenvalue weighted by molar-refractivity contribution is -0.138. The molecule has 0 saturated carbocycles. The first-order chi connectivity index (χ1) is 12.0. The van der Waals surface area contributed by atoms with Gasteiger partial charge in [0, 0.05) is 31.9 Å². The molecule has 0 radical (unpaired) electrons. The van der Waals surface area contributed by atoms with Gasteiger partial charge in [-0.15, -0.1) is 0 Å². The summed E-state index contributed by atoms with van der Waals surface area (Å²) in [5.41, 5.74) is 0.401. The SMILES string of the molecule is O=c1[nH]c2ccc(S(=O)(=O)NC3CCOC4(CCOCC4)C3)cc2o1. The topological polar surface area (TPSA) is 111 Å². The van der Waals surface area contributed by atoms with Gasteiger partial charge < -0.3 is 13.9 Å². The lowest BCUT2D eigenvalue weighted by Gasteiger charge is -2.43. The van der Waals surface area contributed by atoms with Crippen molar-refractivity contribution >= 4 is 21.1 Å². The van der Waals surface area contributed by atoms with Gasteiger partial charge in [-0.3, -0.25) is 4.98 Å². The lowest BCUT2D eigenvalue weighted by Crippen LogP contribution is -2.50. The fourth-order valence-electron chi connectivity index (χ4n) is 3.60. The Balaban J connectivity index is 1.54. The Labute approximate surface area is 144 Å². The van der Waals surface area contributed by atoms with Gasteiger partial charge in [-0.1, -0.05) is 0 Å². The molecule has 2 N–H and O–H groups in total. The quantitative estimate of drug-likeness (QED) is 0.840. The number of benzene rings is 1. The van der Waals surface area contributed by atoms with Crippen molar-refractivity contribution in [2.24, 2.45) is 0 Å². The average molecular weight is 368 g/mol. The highest BCUT2D eigenvalue weighted by atomic mass is 32.2. The van der Waals surface area contributed by atoms with E-state index in [0.717, 1.165) is 12.8 Å². The summed E-state index contributed by atoms with van der Waals surface area (Å²) in [6.45, 7) is 1.81. The first-order valence-corrected chi connectivity index (χ1v) is 9.81. The van der Waals surface area contributed by atoms with Crippen LogP contribution in [0.1, 0.15) is 25.7 Å². The first kappa shape index (κ1) is 16.8. The number of aromatic nitrogens is 1. The number of oxazole rings is 1. The molecule has 1 aromatic carbocycles. The van der Waals surface area contributed by atoms with Gasteiger partial charge in [0.05, 0.1) is 16.0 Å². The Morgan fingerprint density at radius 1 is 1.20 bits per heavy atom. The van der Waals surface area contributed by atoms with E-state index in [4.69, 9.17) is 13.9 Å². The van der Waals surface area contributed by atoms with E-state index in [1.165, 1.54) is 18.2 Å². The van der Waals surface area contributed by atoms with Crippen LogP contribution in [0.15, 0.2) is 32.3 Å². The molecule has 25 heavy (non-hydrogen) atoms. The zero-order valence-electron chi connectivity index (χ0n) is 13.6. The van der Waals surface area contributed by atoms with Crippen molar-refractivity contribution in [3.63, 3.8) is 0 Å². The summed E-state index contributed by atoms with van der Waals surface area (Å²) < 4.78 is 44.5. The maximum Gasteiger partial charge on any atom is 0.417 e.